The fourth-order valence-electron chi connectivity index (χ4n) is 0.340. The van der Waals surface area contributed by atoms with Gasteiger partial charge in [-0.1, -0.05) is 12.2 Å². The Labute approximate surface area is 58.9 Å². The van der Waals surface area contributed by atoms with Crippen LogP contribution in [0.25, 0.3) is 0 Å². The van der Waals surface area contributed by atoms with E-state index in [4.69, 9.17) is 4.43 Å². The second-order valence-electron chi connectivity index (χ2n) is 3.36. The van der Waals surface area contributed by atoms with E-state index in [0.717, 1.165) is 12.2 Å². The van der Waals surface area contributed by atoms with E-state index in [9.17, 15) is 0 Å². The van der Waals surface area contributed by atoms with Crippen LogP contribution in [0, 0.1) is 0 Å². The summed E-state index contributed by atoms with van der Waals surface area (Å²) in [5.74, 6) is 0. The summed E-state index contributed by atoms with van der Waals surface area (Å²) in [7, 11) is -1.28. The van der Waals surface area contributed by atoms with Crippen LogP contribution in [0.2, 0.25) is 19.6 Å². The van der Waals surface area contributed by atoms with Crippen LogP contribution in [0.5, 0.6) is 0 Å². The van der Waals surface area contributed by atoms with Gasteiger partial charge in [0.15, 0.2) is 8.32 Å². The summed E-state index contributed by atoms with van der Waals surface area (Å²) >= 11 is 0. The summed E-state index contributed by atoms with van der Waals surface area (Å²) in [5, 5.41) is 0. The van der Waals surface area contributed by atoms with E-state index in [2.05, 4.69) is 26.2 Å². The van der Waals surface area contributed by atoms with Crippen molar-refractivity contribution in [3.8, 4) is 0 Å². The van der Waals surface area contributed by atoms with Crippen molar-refractivity contribution in [2.24, 2.45) is 0 Å². The van der Waals surface area contributed by atoms with E-state index in [1.165, 1.54) is 0 Å². The maximum Gasteiger partial charge on any atom is 0.184 e. The van der Waals surface area contributed by atoms with E-state index in [1.54, 1.807) is 0 Å². The molecule has 0 aromatic carbocycles. The maximum atomic E-state index is 5.53. The number of hydrogen-bond donors (Lipinski definition) is 0. The smallest absolute Gasteiger partial charge is 0.184 e. The first-order valence-corrected chi connectivity index (χ1v) is 6.61. The third kappa shape index (κ3) is 7.92. The Balaban J connectivity index is 3.39. The van der Waals surface area contributed by atoms with Crippen LogP contribution in [0.3, 0.4) is 0 Å². The van der Waals surface area contributed by atoms with Crippen LogP contribution < -0.4 is 0 Å². The minimum Gasteiger partial charge on any atom is -0.414 e. The fourth-order valence-corrected chi connectivity index (χ4v) is 1.02. The highest BCUT2D eigenvalue weighted by atomic mass is 28.4. The molecule has 0 saturated heterocycles. The molecule has 0 N–H and O–H groups in total. The summed E-state index contributed by atoms with van der Waals surface area (Å²) in [4.78, 5) is 0. The molecule has 2 heteroatoms. The lowest BCUT2D eigenvalue weighted by molar-refractivity contribution is 0.347. The van der Waals surface area contributed by atoms with Crippen LogP contribution in [-0.4, -0.2) is 14.9 Å². The Morgan fingerprint density at radius 1 is 1.44 bits per heavy atom. The molecular formula is C7H16OSi. The van der Waals surface area contributed by atoms with Crippen molar-refractivity contribution in [1.82, 2.24) is 0 Å². The molecule has 54 valence electrons. The standard InChI is InChI=1S/C7H16OSi/c1-7(2)6-8-9(3,4)5/h1,6H2,2-5H3. The summed E-state index contributed by atoms with van der Waals surface area (Å²) in [6, 6.07) is 0. The van der Waals surface area contributed by atoms with E-state index in [0.29, 0.717) is 0 Å². The van der Waals surface area contributed by atoms with E-state index in [1.807, 2.05) is 6.92 Å². The third-order valence-corrected chi connectivity index (χ3v) is 1.76. The molecule has 0 heterocycles. The van der Waals surface area contributed by atoms with Crippen molar-refractivity contribution in [2.45, 2.75) is 26.6 Å². The quantitative estimate of drug-likeness (QED) is 0.436. The van der Waals surface area contributed by atoms with Crippen molar-refractivity contribution in [1.29, 1.82) is 0 Å². The van der Waals surface area contributed by atoms with Crippen molar-refractivity contribution in [3.05, 3.63) is 12.2 Å². The predicted octanol–water partition coefficient (Wildman–Crippen LogP) is 2.41. The Morgan fingerprint density at radius 3 is 2.00 bits per heavy atom. The molecule has 0 saturated carbocycles. The highest BCUT2D eigenvalue weighted by Crippen LogP contribution is 2.03. The summed E-state index contributed by atoms with van der Waals surface area (Å²) in [6.07, 6.45) is 0. The second-order valence-corrected chi connectivity index (χ2v) is 7.87. The van der Waals surface area contributed by atoms with Gasteiger partial charge < -0.3 is 4.43 Å². The normalized spacial score (nSPS) is 11.6. The van der Waals surface area contributed by atoms with Gasteiger partial charge in [-0.3, -0.25) is 0 Å². The van der Waals surface area contributed by atoms with Gasteiger partial charge in [0, 0.05) is 0 Å². The predicted molar refractivity (Wildman–Crippen MR) is 44.1 cm³/mol. The molecule has 0 aliphatic rings. The molecule has 0 aromatic rings. The molecule has 9 heavy (non-hydrogen) atoms. The van der Waals surface area contributed by atoms with Crippen molar-refractivity contribution < 1.29 is 4.43 Å². The minimum absolute atomic E-state index is 0.732. The molecule has 0 fully saturated rings. The molecule has 0 amide bonds. The number of hydrogen-bond acceptors (Lipinski definition) is 1. The largest absolute Gasteiger partial charge is 0.414 e. The molecule has 0 rings (SSSR count). The fraction of sp³-hybridized carbons (Fsp3) is 0.714. The Kier molecular flexibility index (Phi) is 3.15. The monoisotopic (exact) mass is 144 g/mol. The molecule has 0 aliphatic heterocycles. The lowest BCUT2D eigenvalue weighted by atomic mass is 10.4. The van der Waals surface area contributed by atoms with E-state index in [-0.39, 0.29) is 0 Å². The van der Waals surface area contributed by atoms with Gasteiger partial charge in [0.2, 0.25) is 0 Å². The van der Waals surface area contributed by atoms with Crippen molar-refractivity contribution >= 4 is 8.32 Å². The molecule has 0 spiro atoms. The Bertz CT molecular complexity index is 102. The SMILES string of the molecule is C=C(C)CO[Si](C)(C)C. The van der Waals surface area contributed by atoms with Gasteiger partial charge in [-0.2, -0.15) is 0 Å². The van der Waals surface area contributed by atoms with Gasteiger partial charge in [-0.15, -0.1) is 0 Å². The first-order chi connectivity index (χ1) is 3.92. The van der Waals surface area contributed by atoms with E-state index < -0.39 is 8.32 Å². The Hall–Kier alpha value is -0.0831. The van der Waals surface area contributed by atoms with Crippen LogP contribution in [-0.2, 0) is 4.43 Å². The molecule has 1 nitrogen and oxygen atoms in total. The first-order valence-electron chi connectivity index (χ1n) is 3.20. The van der Waals surface area contributed by atoms with Crippen LogP contribution in [0.4, 0.5) is 0 Å². The zero-order chi connectivity index (χ0) is 7.49. The maximum absolute atomic E-state index is 5.53. The molecule has 0 aromatic heterocycles. The van der Waals surface area contributed by atoms with E-state index >= 15 is 0 Å². The molecule has 0 bridgehead atoms. The first kappa shape index (κ1) is 8.92. The second kappa shape index (κ2) is 3.18. The summed E-state index contributed by atoms with van der Waals surface area (Å²) < 4.78 is 5.53. The molecule has 0 atom stereocenters. The van der Waals surface area contributed by atoms with Gasteiger partial charge >= 0.3 is 0 Å². The highest BCUT2D eigenvalue weighted by Gasteiger charge is 2.12. The molecule has 0 radical (unpaired) electrons. The van der Waals surface area contributed by atoms with Gasteiger partial charge in [0.1, 0.15) is 0 Å². The van der Waals surface area contributed by atoms with Gasteiger partial charge in [-0.05, 0) is 26.6 Å². The summed E-state index contributed by atoms with van der Waals surface area (Å²) in [5.41, 5.74) is 1.11. The van der Waals surface area contributed by atoms with Crippen molar-refractivity contribution in [2.75, 3.05) is 6.61 Å². The van der Waals surface area contributed by atoms with Crippen LogP contribution in [0.1, 0.15) is 6.92 Å². The zero-order valence-corrected chi connectivity index (χ0v) is 7.82. The third-order valence-electron chi connectivity index (χ3n) is 0.752. The van der Waals surface area contributed by atoms with Crippen molar-refractivity contribution in [3.63, 3.8) is 0 Å². The van der Waals surface area contributed by atoms with Gasteiger partial charge in [-0.25, -0.2) is 0 Å². The molecule has 0 unspecified atom stereocenters. The molecular weight excluding hydrogens is 128 g/mol. The highest BCUT2D eigenvalue weighted by molar-refractivity contribution is 6.69. The van der Waals surface area contributed by atoms with Crippen LogP contribution >= 0.6 is 0 Å². The molecule has 0 aliphatic carbocycles. The Morgan fingerprint density at radius 2 is 1.89 bits per heavy atom. The average Bonchev–Trinajstić information content (AvgIpc) is 1.59. The van der Waals surface area contributed by atoms with Gasteiger partial charge in [0.05, 0.1) is 6.61 Å². The minimum atomic E-state index is -1.28. The lowest BCUT2D eigenvalue weighted by Crippen LogP contribution is -2.25. The lowest BCUT2D eigenvalue weighted by Gasteiger charge is -2.16. The van der Waals surface area contributed by atoms with Crippen LogP contribution in [0.15, 0.2) is 12.2 Å². The average molecular weight is 144 g/mol. The summed E-state index contributed by atoms with van der Waals surface area (Å²) in [6.45, 7) is 13.0. The number of rotatable bonds is 3. The topological polar surface area (TPSA) is 9.23 Å². The van der Waals surface area contributed by atoms with Gasteiger partial charge in [0.25, 0.3) is 0 Å². The zero-order valence-electron chi connectivity index (χ0n) is 6.82.